The highest BCUT2D eigenvalue weighted by Gasteiger charge is 2.11. The fourth-order valence-electron chi connectivity index (χ4n) is 1.19. The zero-order valence-corrected chi connectivity index (χ0v) is 8.80. The minimum atomic E-state index is -0.392. The van der Waals surface area contributed by atoms with Gasteiger partial charge in [0.25, 0.3) is 11.4 Å². The van der Waals surface area contributed by atoms with E-state index in [-0.39, 0.29) is 11.6 Å². The Hall–Kier alpha value is -2.31. The Labute approximate surface area is 90.7 Å². The van der Waals surface area contributed by atoms with Crippen molar-refractivity contribution >= 4 is 0 Å². The van der Waals surface area contributed by atoms with Gasteiger partial charge in [-0.2, -0.15) is 5.10 Å². The van der Waals surface area contributed by atoms with Crippen molar-refractivity contribution in [3.05, 3.63) is 29.1 Å². The van der Waals surface area contributed by atoms with Crippen LogP contribution in [0.2, 0.25) is 0 Å². The van der Waals surface area contributed by atoms with Crippen LogP contribution in [0.5, 0.6) is 17.4 Å². The van der Waals surface area contributed by atoms with Crippen LogP contribution in [-0.4, -0.2) is 26.9 Å². The Balaban J connectivity index is 2.34. The summed E-state index contributed by atoms with van der Waals surface area (Å²) >= 11 is 0. The second-order valence-electron chi connectivity index (χ2n) is 3.02. The highest BCUT2D eigenvalue weighted by Crippen LogP contribution is 2.24. The van der Waals surface area contributed by atoms with E-state index in [1.165, 1.54) is 19.6 Å². The maximum absolute atomic E-state index is 11.3. The van der Waals surface area contributed by atoms with E-state index in [0.29, 0.717) is 5.75 Å². The van der Waals surface area contributed by atoms with E-state index in [0.717, 1.165) is 0 Å². The van der Waals surface area contributed by atoms with Gasteiger partial charge in [0.15, 0.2) is 5.75 Å². The highest BCUT2D eigenvalue weighted by molar-refractivity contribution is 5.33. The number of nitrogens with one attached hydrogen (secondary N) is 1. The van der Waals surface area contributed by atoms with Crippen molar-refractivity contribution in [2.24, 2.45) is 7.05 Å². The van der Waals surface area contributed by atoms with Gasteiger partial charge in [-0.15, -0.1) is 0 Å². The first-order chi connectivity index (χ1) is 7.70. The minimum absolute atomic E-state index is 0.0337. The van der Waals surface area contributed by atoms with Crippen molar-refractivity contribution in [2.75, 3.05) is 7.11 Å². The van der Waals surface area contributed by atoms with Gasteiger partial charge >= 0.3 is 0 Å². The predicted octanol–water partition coefficient (Wildman–Crippen LogP) is 0.304. The Morgan fingerprint density at radius 1 is 1.50 bits per heavy atom. The van der Waals surface area contributed by atoms with Crippen LogP contribution in [-0.2, 0) is 7.05 Å². The molecule has 0 amide bonds. The first kappa shape index (κ1) is 10.2. The van der Waals surface area contributed by atoms with Gasteiger partial charge in [-0.05, 0) is 0 Å². The molecule has 0 aliphatic rings. The van der Waals surface area contributed by atoms with Crippen LogP contribution in [0.15, 0.2) is 23.5 Å². The molecule has 0 spiro atoms. The second kappa shape index (κ2) is 4.05. The van der Waals surface area contributed by atoms with Gasteiger partial charge in [-0.3, -0.25) is 9.48 Å². The van der Waals surface area contributed by atoms with E-state index in [1.807, 2.05) is 0 Å². The van der Waals surface area contributed by atoms with E-state index >= 15 is 0 Å². The molecule has 0 radical (unpaired) electrons. The zero-order valence-electron chi connectivity index (χ0n) is 8.80. The molecule has 0 aromatic carbocycles. The van der Waals surface area contributed by atoms with Gasteiger partial charge in [0.05, 0.1) is 25.8 Å². The molecule has 7 nitrogen and oxygen atoms in total. The lowest BCUT2D eigenvalue weighted by Gasteiger charge is -2.05. The molecule has 0 saturated carbocycles. The fraction of sp³-hybridized carbons (Fsp3) is 0.222. The number of hydrogen-bond donors (Lipinski definition) is 1. The summed E-state index contributed by atoms with van der Waals surface area (Å²) < 4.78 is 11.8. The molecule has 84 valence electrons. The van der Waals surface area contributed by atoms with Gasteiger partial charge in [0, 0.05) is 7.05 Å². The summed E-state index contributed by atoms with van der Waals surface area (Å²) in [5.41, 5.74) is -0.392. The average Bonchev–Trinajstić information content (AvgIpc) is 2.64. The maximum Gasteiger partial charge on any atom is 0.297 e. The smallest absolute Gasteiger partial charge is 0.297 e. The van der Waals surface area contributed by atoms with Crippen LogP contribution in [0.3, 0.4) is 0 Å². The molecule has 0 bridgehead atoms. The molecule has 0 unspecified atom stereocenters. The molecule has 2 rings (SSSR count). The third kappa shape index (κ3) is 1.88. The second-order valence-corrected chi connectivity index (χ2v) is 3.02. The number of H-pyrrole nitrogens is 1. The van der Waals surface area contributed by atoms with E-state index in [2.05, 4.69) is 15.1 Å². The van der Waals surface area contributed by atoms with Crippen LogP contribution in [0.4, 0.5) is 0 Å². The zero-order chi connectivity index (χ0) is 11.5. The number of hydrogen-bond acceptors (Lipinski definition) is 5. The van der Waals surface area contributed by atoms with Crippen LogP contribution in [0.25, 0.3) is 0 Å². The lowest BCUT2D eigenvalue weighted by molar-refractivity contribution is 0.363. The summed E-state index contributed by atoms with van der Waals surface area (Å²) in [5.74, 6) is 0.629. The Kier molecular flexibility index (Phi) is 2.59. The van der Waals surface area contributed by atoms with Crippen LogP contribution in [0.1, 0.15) is 0 Å². The number of ether oxygens (including phenoxy) is 2. The van der Waals surface area contributed by atoms with Crippen molar-refractivity contribution in [3.63, 3.8) is 0 Å². The third-order valence-electron chi connectivity index (χ3n) is 1.88. The lowest BCUT2D eigenvalue weighted by Crippen LogP contribution is -2.10. The number of aromatic nitrogens is 4. The fourth-order valence-corrected chi connectivity index (χ4v) is 1.19. The molecule has 0 saturated heterocycles. The van der Waals surface area contributed by atoms with Gasteiger partial charge in [0.2, 0.25) is 5.75 Å². The summed E-state index contributed by atoms with van der Waals surface area (Å²) in [6.07, 6.45) is 4.42. The van der Waals surface area contributed by atoms with Gasteiger partial charge in [-0.25, -0.2) is 4.98 Å². The van der Waals surface area contributed by atoms with E-state index in [9.17, 15) is 4.79 Å². The lowest BCUT2D eigenvalue weighted by atomic mass is 10.5. The maximum atomic E-state index is 11.3. The molecule has 1 N–H and O–H groups in total. The summed E-state index contributed by atoms with van der Waals surface area (Å²) in [6.45, 7) is 0. The monoisotopic (exact) mass is 222 g/mol. The van der Waals surface area contributed by atoms with Crippen LogP contribution in [0, 0.1) is 0 Å². The minimum Gasteiger partial charge on any atom is -0.487 e. The van der Waals surface area contributed by atoms with E-state index in [4.69, 9.17) is 9.47 Å². The van der Waals surface area contributed by atoms with Crippen molar-refractivity contribution in [1.82, 2.24) is 19.7 Å². The normalized spacial score (nSPS) is 10.1. The molecular formula is C9H10N4O3. The highest BCUT2D eigenvalue weighted by atomic mass is 16.5. The van der Waals surface area contributed by atoms with Gasteiger partial charge in [0.1, 0.15) is 0 Å². The van der Waals surface area contributed by atoms with Crippen molar-refractivity contribution < 1.29 is 9.47 Å². The predicted molar refractivity (Wildman–Crippen MR) is 54.7 cm³/mol. The molecule has 2 heterocycles. The molecule has 0 aliphatic carbocycles. The largest absolute Gasteiger partial charge is 0.487 e. The third-order valence-corrected chi connectivity index (χ3v) is 1.88. The Bertz CT molecular complexity index is 546. The molecule has 7 heteroatoms. The first-order valence-electron chi connectivity index (χ1n) is 4.49. The summed E-state index contributed by atoms with van der Waals surface area (Å²) in [5, 5.41) is 3.93. The van der Waals surface area contributed by atoms with Crippen molar-refractivity contribution in [2.45, 2.75) is 0 Å². The average molecular weight is 222 g/mol. The molecule has 0 fully saturated rings. The van der Waals surface area contributed by atoms with Crippen molar-refractivity contribution in [1.29, 1.82) is 0 Å². The molecule has 0 atom stereocenters. The van der Waals surface area contributed by atoms with Gasteiger partial charge < -0.3 is 14.5 Å². The summed E-state index contributed by atoms with van der Waals surface area (Å²) in [4.78, 5) is 17.6. The number of rotatable bonds is 3. The molecular weight excluding hydrogens is 212 g/mol. The standard InChI is InChI=1S/C9H10N4O3/c1-13-4-6(3-12-13)16-9-7(15-2)8(14)10-5-11-9/h3-5H,1-2H3,(H,10,11,14). The van der Waals surface area contributed by atoms with Crippen molar-refractivity contribution in [3.8, 4) is 17.4 Å². The Morgan fingerprint density at radius 3 is 2.94 bits per heavy atom. The number of nitrogens with zero attached hydrogens (tertiary/aromatic N) is 3. The summed E-state index contributed by atoms with van der Waals surface area (Å²) in [6, 6.07) is 0. The molecule has 16 heavy (non-hydrogen) atoms. The number of aromatic amines is 1. The quantitative estimate of drug-likeness (QED) is 0.807. The molecule has 0 aliphatic heterocycles. The molecule has 2 aromatic rings. The van der Waals surface area contributed by atoms with E-state index in [1.54, 1.807) is 17.9 Å². The van der Waals surface area contributed by atoms with Crippen LogP contribution >= 0.6 is 0 Å². The topological polar surface area (TPSA) is 82.0 Å². The SMILES string of the molecule is COc1c(Oc2cnn(C)c2)nc[nH]c1=O. The van der Waals surface area contributed by atoms with Gasteiger partial charge in [-0.1, -0.05) is 0 Å². The number of aryl methyl sites for hydroxylation is 1. The number of methoxy groups -OCH3 is 1. The van der Waals surface area contributed by atoms with Crippen LogP contribution < -0.4 is 15.0 Å². The van der Waals surface area contributed by atoms with E-state index < -0.39 is 5.56 Å². The Morgan fingerprint density at radius 2 is 2.31 bits per heavy atom. The molecule has 2 aromatic heterocycles. The first-order valence-corrected chi connectivity index (χ1v) is 4.49. The summed E-state index contributed by atoms with van der Waals surface area (Å²) in [7, 11) is 3.14.